The number of benzene rings is 1. The molecule has 5 heteroatoms. The molecule has 1 aromatic carbocycles. The zero-order valence-electron chi connectivity index (χ0n) is 27.3. The molecule has 1 heterocycles. The minimum Gasteiger partial charge on any atom is -0.377 e. The molecule has 2 bridgehead atoms. The number of rotatable bonds is 1. The van der Waals surface area contributed by atoms with Crippen LogP contribution in [0.3, 0.4) is 0 Å². The number of fused-ring (bicyclic) bond motifs is 5. The summed E-state index contributed by atoms with van der Waals surface area (Å²) in [5, 5.41) is 0. The van der Waals surface area contributed by atoms with E-state index in [4.69, 9.17) is 4.74 Å². The predicted octanol–water partition coefficient (Wildman–Crippen LogP) is 10.2. The molecule has 236 valence electrons. The number of carbonyl (C=O) groups is 1. The summed E-state index contributed by atoms with van der Waals surface area (Å²) >= 11 is 0. The Morgan fingerprint density at radius 1 is 0.814 bits per heavy atom. The van der Waals surface area contributed by atoms with Crippen LogP contribution in [-0.2, 0) is 15.7 Å². The Hall–Kier alpha value is -1.62. The Kier molecular flexibility index (Phi) is 6.30. The number of ether oxygens (including phenoxy) is 1. The summed E-state index contributed by atoms with van der Waals surface area (Å²) in [4.78, 5) is 14.0. The molecule has 0 N–H and O–H groups in total. The molecule has 2 nitrogen and oxygen atoms in total. The number of allylic oxidation sites excluding steroid dienone is 1. The van der Waals surface area contributed by atoms with Crippen molar-refractivity contribution < 1.29 is 22.7 Å². The van der Waals surface area contributed by atoms with E-state index in [1.54, 1.807) is 0 Å². The molecule has 1 saturated heterocycles. The fourth-order valence-corrected chi connectivity index (χ4v) is 12.9. The van der Waals surface area contributed by atoms with Crippen molar-refractivity contribution in [3.05, 3.63) is 41.0 Å². The van der Waals surface area contributed by atoms with Gasteiger partial charge in [-0.3, -0.25) is 4.79 Å². The number of hydrogen-bond donors (Lipinski definition) is 0. The van der Waals surface area contributed by atoms with Crippen LogP contribution in [0, 0.1) is 56.2 Å². The zero-order valence-corrected chi connectivity index (χ0v) is 27.3. The Bertz CT molecular complexity index is 1360. The molecule has 5 aliphatic carbocycles. The average molecular weight is 597 g/mol. The molecule has 6 fully saturated rings. The lowest BCUT2D eigenvalue weighted by Gasteiger charge is -2.73. The van der Waals surface area contributed by atoms with Crippen LogP contribution in [0.25, 0.3) is 6.08 Å². The maximum absolute atomic E-state index is 14.0. The van der Waals surface area contributed by atoms with Gasteiger partial charge in [-0.2, -0.15) is 13.2 Å². The monoisotopic (exact) mass is 596 g/mol. The first kappa shape index (κ1) is 30.1. The average Bonchev–Trinajstić information content (AvgIpc) is 3.26. The van der Waals surface area contributed by atoms with Gasteiger partial charge in [0.2, 0.25) is 0 Å². The summed E-state index contributed by atoms with van der Waals surface area (Å²) in [5.74, 6) is 2.32. The maximum Gasteiger partial charge on any atom is 0.416 e. The van der Waals surface area contributed by atoms with Gasteiger partial charge >= 0.3 is 6.18 Å². The molecule has 7 rings (SSSR count). The minimum absolute atomic E-state index is 0.0351. The summed E-state index contributed by atoms with van der Waals surface area (Å²) in [6.07, 6.45) is 8.43. The van der Waals surface area contributed by atoms with Gasteiger partial charge in [0.05, 0.1) is 18.3 Å². The zero-order chi connectivity index (χ0) is 31.0. The highest BCUT2D eigenvalue weighted by Gasteiger charge is 2.73. The normalized spacial score (nSPS) is 47.3. The Labute approximate surface area is 256 Å². The van der Waals surface area contributed by atoms with Gasteiger partial charge in [0.25, 0.3) is 0 Å². The summed E-state index contributed by atoms with van der Waals surface area (Å²) in [6, 6.07) is 5.30. The van der Waals surface area contributed by atoms with E-state index in [1.807, 2.05) is 6.08 Å². The smallest absolute Gasteiger partial charge is 0.377 e. The minimum atomic E-state index is -4.37. The highest BCUT2D eigenvalue weighted by molar-refractivity contribution is 6.04. The molecule has 5 saturated carbocycles. The fraction of sp³-hybridized carbons (Fsp3) is 0.763. The molecule has 1 aromatic rings. The maximum atomic E-state index is 14.0. The van der Waals surface area contributed by atoms with Gasteiger partial charge < -0.3 is 4.74 Å². The molecule has 1 aliphatic heterocycles. The van der Waals surface area contributed by atoms with E-state index in [9.17, 15) is 18.0 Å². The van der Waals surface area contributed by atoms with Gasteiger partial charge in [-0.1, -0.05) is 60.6 Å². The summed E-state index contributed by atoms with van der Waals surface area (Å²) in [5.41, 5.74) is 1.30. The van der Waals surface area contributed by atoms with E-state index < -0.39 is 17.2 Å². The second kappa shape index (κ2) is 9.01. The van der Waals surface area contributed by atoms with Crippen LogP contribution < -0.4 is 0 Å². The van der Waals surface area contributed by atoms with Crippen LogP contribution in [0.1, 0.15) is 117 Å². The molecular formula is C38H51F3O2. The first-order valence-corrected chi connectivity index (χ1v) is 16.9. The third-order valence-corrected chi connectivity index (χ3v) is 15.3. The van der Waals surface area contributed by atoms with Crippen LogP contribution in [0.15, 0.2) is 29.8 Å². The van der Waals surface area contributed by atoms with E-state index >= 15 is 0 Å². The van der Waals surface area contributed by atoms with Crippen molar-refractivity contribution in [3.63, 3.8) is 0 Å². The Balaban J connectivity index is 1.25. The molecular weight excluding hydrogens is 545 g/mol. The largest absolute Gasteiger partial charge is 0.416 e. The summed E-state index contributed by atoms with van der Waals surface area (Å²) in [6.45, 7) is 17.8. The SMILES string of the molecule is CC1(C)CC[C@]23CC[C@]4(C)[C@@H](CC[C@@H]5[C@@]6(C)C/C(=C\c7ccc(C(F)(F)F)cc7)C(=O)C(C)(C)[C@H]6CC[C@]54C)[C@H]2[C@H]1OC3. The molecule has 0 unspecified atom stereocenters. The quantitative estimate of drug-likeness (QED) is 0.302. The third kappa shape index (κ3) is 3.91. The van der Waals surface area contributed by atoms with Crippen molar-refractivity contribution in [2.75, 3.05) is 6.61 Å². The van der Waals surface area contributed by atoms with Gasteiger partial charge in [0.15, 0.2) is 5.78 Å². The number of ketones is 1. The highest BCUT2D eigenvalue weighted by Crippen LogP contribution is 2.78. The van der Waals surface area contributed by atoms with Gasteiger partial charge in [-0.25, -0.2) is 0 Å². The fourth-order valence-electron chi connectivity index (χ4n) is 12.9. The van der Waals surface area contributed by atoms with E-state index in [-0.39, 0.29) is 27.4 Å². The van der Waals surface area contributed by atoms with Crippen molar-refractivity contribution >= 4 is 11.9 Å². The van der Waals surface area contributed by atoms with Crippen molar-refractivity contribution in [3.8, 4) is 0 Å². The van der Waals surface area contributed by atoms with Crippen molar-refractivity contribution in [1.29, 1.82) is 0 Å². The van der Waals surface area contributed by atoms with Crippen molar-refractivity contribution in [2.45, 2.75) is 119 Å². The topological polar surface area (TPSA) is 26.3 Å². The van der Waals surface area contributed by atoms with Gasteiger partial charge in [-0.15, -0.1) is 0 Å². The van der Waals surface area contributed by atoms with E-state index in [0.29, 0.717) is 47.2 Å². The number of carbonyl (C=O) groups excluding carboxylic acids is 1. The lowest BCUT2D eigenvalue weighted by atomic mass is 9.31. The lowest BCUT2D eigenvalue weighted by molar-refractivity contribution is -0.236. The van der Waals surface area contributed by atoms with Gasteiger partial charge in [0, 0.05) is 5.41 Å². The first-order valence-electron chi connectivity index (χ1n) is 16.9. The van der Waals surface area contributed by atoms with Crippen LogP contribution in [-0.4, -0.2) is 18.5 Å². The number of hydrogen-bond acceptors (Lipinski definition) is 2. The molecule has 0 aromatic heterocycles. The molecule has 43 heavy (non-hydrogen) atoms. The van der Waals surface area contributed by atoms with E-state index in [2.05, 4.69) is 48.5 Å². The van der Waals surface area contributed by atoms with Crippen LogP contribution in [0.5, 0.6) is 0 Å². The number of alkyl halides is 3. The molecule has 0 radical (unpaired) electrons. The Morgan fingerprint density at radius 3 is 2.16 bits per heavy atom. The van der Waals surface area contributed by atoms with Gasteiger partial charge in [0.1, 0.15) is 0 Å². The molecule has 0 amide bonds. The summed E-state index contributed by atoms with van der Waals surface area (Å²) < 4.78 is 46.4. The van der Waals surface area contributed by atoms with Crippen molar-refractivity contribution in [1.82, 2.24) is 0 Å². The van der Waals surface area contributed by atoms with E-state index in [0.717, 1.165) is 30.7 Å². The van der Waals surface area contributed by atoms with Crippen molar-refractivity contribution in [2.24, 2.45) is 56.2 Å². The van der Waals surface area contributed by atoms with Crippen LogP contribution >= 0.6 is 0 Å². The second-order valence-electron chi connectivity index (χ2n) is 17.8. The summed E-state index contributed by atoms with van der Waals surface area (Å²) in [7, 11) is 0. The molecule has 9 atom stereocenters. The Morgan fingerprint density at radius 2 is 1.49 bits per heavy atom. The third-order valence-electron chi connectivity index (χ3n) is 15.3. The van der Waals surface area contributed by atoms with E-state index in [1.165, 1.54) is 57.1 Å². The van der Waals surface area contributed by atoms with Gasteiger partial charge in [-0.05, 0) is 138 Å². The molecule has 6 aliphatic rings. The highest BCUT2D eigenvalue weighted by atomic mass is 19.4. The number of halogens is 3. The van der Waals surface area contributed by atoms with Crippen LogP contribution in [0.2, 0.25) is 0 Å². The lowest BCUT2D eigenvalue weighted by Crippen LogP contribution is -2.67. The standard InChI is InChI=1S/C38H51F3O2/c1-32(2)16-18-37-19-17-35(6)26(29(37)31(32)43-22-37)12-13-28-34(5)21-24(20-23-8-10-25(11-9-23)38(39,40)41)30(42)33(3,4)27(34)14-15-36(28,35)7/h8-11,20,26-29,31H,12-19,21-22H2,1-7H3/b24-20+/t26-,27+,28+,29-,31+,34-,35+,36+,37+/m0/s1. The first-order chi connectivity index (χ1) is 19.9. The molecule has 0 spiro atoms. The second-order valence-corrected chi connectivity index (χ2v) is 17.8. The predicted molar refractivity (Wildman–Crippen MR) is 164 cm³/mol. The van der Waals surface area contributed by atoms with Crippen LogP contribution in [0.4, 0.5) is 13.2 Å². The number of Topliss-reactive ketones (excluding diaryl/α,β-unsaturated/α-hetero) is 1.